The second kappa shape index (κ2) is 9.14. The molecular weight excluding hydrogens is 410 g/mol. The fraction of sp³-hybridized carbons (Fsp3) is 0.360. The minimum atomic E-state index is -0.923. The van der Waals surface area contributed by atoms with Gasteiger partial charge in [0.15, 0.2) is 12.6 Å². The molecule has 1 aliphatic heterocycles. The van der Waals surface area contributed by atoms with E-state index in [1.165, 1.54) is 7.11 Å². The Hall–Kier alpha value is -3.16. The zero-order valence-corrected chi connectivity index (χ0v) is 18.4. The van der Waals surface area contributed by atoms with Gasteiger partial charge in [-0.3, -0.25) is 4.79 Å². The van der Waals surface area contributed by atoms with Crippen LogP contribution >= 0.6 is 0 Å². The van der Waals surface area contributed by atoms with Crippen LogP contribution in [0.2, 0.25) is 0 Å². The first kappa shape index (κ1) is 22.0. The van der Waals surface area contributed by atoms with Gasteiger partial charge in [-0.05, 0) is 50.8 Å². The lowest BCUT2D eigenvalue weighted by molar-refractivity contribution is 0.0503. The number of benzene rings is 2. The SMILES string of the molecule is COCOc1ccc(C)cc1C(=O)c1cccc2oc([N+]3(C(=O)O)CCCCCC3)cc12. The van der Waals surface area contributed by atoms with E-state index in [0.29, 0.717) is 46.8 Å². The third-order valence-corrected chi connectivity index (χ3v) is 6.12. The molecule has 1 aromatic heterocycles. The first-order valence-electron chi connectivity index (χ1n) is 10.9. The van der Waals surface area contributed by atoms with Crippen molar-refractivity contribution in [1.82, 2.24) is 4.48 Å². The molecule has 1 amide bonds. The van der Waals surface area contributed by atoms with E-state index in [-0.39, 0.29) is 17.1 Å². The third-order valence-electron chi connectivity index (χ3n) is 6.12. The monoisotopic (exact) mass is 438 g/mol. The fourth-order valence-electron chi connectivity index (χ4n) is 4.41. The van der Waals surface area contributed by atoms with Crippen molar-refractivity contribution in [2.45, 2.75) is 32.6 Å². The summed E-state index contributed by atoms with van der Waals surface area (Å²) < 4.78 is 16.4. The van der Waals surface area contributed by atoms with Crippen LogP contribution in [0.3, 0.4) is 0 Å². The Morgan fingerprint density at radius 1 is 1.03 bits per heavy atom. The van der Waals surface area contributed by atoms with E-state index in [0.717, 1.165) is 31.2 Å². The minimum absolute atomic E-state index is 0.0298. The predicted octanol–water partition coefficient (Wildman–Crippen LogP) is 5.51. The number of rotatable bonds is 6. The van der Waals surface area contributed by atoms with Crippen LogP contribution in [0.1, 0.15) is 47.2 Å². The molecule has 3 aromatic rings. The second-order valence-electron chi connectivity index (χ2n) is 8.29. The number of quaternary nitrogens is 1. The molecule has 0 atom stereocenters. The summed E-state index contributed by atoms with van der Waals surface area (Å²) >= 11 is 0. The van der Waals surface area contributed by atoms with Gasteiger partial charge in [0.05, 0.1) is 24.7 Å². The first-order valence-corrected chi connectivity index (χ1v) is 10.9. The van der Waals surface area contributed by atoms with Crippen molar-refractivity contribution in [3.8, 4) is 5.75 Å². The Labute approximate surface area is 186 Å². The van der Waals surface area contributed by atoms with Crippen molar-refractivity contribution in [2.24, 2.45) is 0 Å². The number of amides is 1. The summed E-state index contributed by atoms with van der Waals surface area (Å²) in [5.41, 5.74) is 2.30. The number of aryl methyl sites for hydroxylation is 1. The zero-order chi connectivity index (χ0) is 22.7. The van der Waals surface area contributed by atoms with Gasteiger partial charge in [0.1, 0.15) is 11.3 Å². The number of hydrogen-bond acceptors (Lipinski definition) is 5. The van der Waals surface area contributed by atoms with Crippen LogP contribution in [-0.4, -0.2) is 44.0 Å². The Bertz CT molecular complexity index is 1140. The van der Waals surface area contributed by atoms with E-state index >= 15 is 0 Å². The topological polar surface area (TPSA) is 86.0 Å². The molecule has 4 rings (SSSR count). The lowest BCUT2D eigenvalue weighted by Gasteiger charge is -2.27. The summed E-state index contributed by atoms with van der Waals surface area (Å²) in [6.07, 6.45) is 2.73. The Balaban J connectivity index is 1.80. The average Bonchev–Trinajstić information content (AvgIpc) is 3.07. The third kappa shape index (κ3) is 4.01. The van der Waals surface area contributed by atoms with Crippen LogP contribution in [0, 0.1) is 6.92 Å². The molecule has 1 aliphatic rings. The van der Waals surface area contributed by atoms with Crippen molar-refractivity contribution >= 4 is 28.7 Å². The molecule has 0 aliphatic carbocycles. The molecule has 1 saturated heterocycles. The maximum absolute atomic E-state index is 13.6. The number of furan rings is 1. The van der Waals surface area contributed by atoms with Gasteiger partial charge in [-0.2, -0.15) is 9.28 Å². The number of ketones is 1. The smallest absolute Gasteiger partial charge is 0.467 e. The van der Waals surface area contributed by atoms with Gasteiger partial charge >= 0.3 is 12.0 Å². The number of likely N-dealkylation sites (tertiary alicyclic amines) is 1. The molecule has 0 bridgehead atoms. The van der Waals surface area contributed by atoms with Gasteiger partial charge in [-0.25, -0.2) is 0 Å². The number of ether oxygens (including phenoxy) is 2. The lowest BCUT2D eigenvalue weighted by atomic mass is 9.98. The lowest BCUT2D eigenvalue weighted by Crippen LogP contribution is -2.54. The molecule has 0 spiro atoms. The number of nitrogens with zero attached hydrogens (tertiary/aromatic N) is 1. The molecule has 0 unspecified atom stereocenters. The highest BCUT2D eigenvalue weighted by atomic mass is 16.7. The van der Waals surface area contributed by atoms with E-state index in [4.69, 9.17) is 13.9 Å². The zero-order valence-electron chi connectivity index (χ0n) is 18.4. The van der Waals surface area contributed by atoms with Crippen LogP contribution in [0.4, 0.5) is 10.7 Å². The fourth-order valence-corrected chi connectivity index (χ4v) is 4.41. The van der Waals surface area contributed by atoms with E-state index in [9.17, 15) is 14.7 Å². The summed E-state index contributed by atoms with van der Waals surface area (Å²) in [4.78, 5) is 25.9. The van der Waals surface area contributed by atoms with Gasteiger partial charge < -0.3 is 19.0 Å². The van der Waals surface area contributed by atoms with Crippen LogP contribution in [0.25, 0.3) is 11.0 Å². The van der Waals surface area contributed by atoms with Crippen LogP contribution in [-0.2, 0) is 4.74 Å². The molecule has 2 heterocycles. The van der Waals surface area contributed by atoms with Crippen molar-refractivity contribution < 1.29 is 28.6 Å². The van der Waals surface area contributed by atoms with Gasteiger partial charge in [-0.15, -0.1) is 0 Å². The van der Waals surface area contributed by atoms with Crippen molar-refractivity contribution in [1.29, 1.82) is 0 Å². The number of hydrogen-bond donors (Lipinski definition) is 1. The van der Waals surface area contributed by atoms with Crippen LogP contribution < -0.4 is 9.22 Å². The standard InChI is InChI=1S/C25H27NO6/c1-17-10-11-21(31-16-30-2)20(14-17)24(27)18-8-7-9-22-19(18)15-23(32-22)26(25(28)29)12-5-3-4-6-13-26/h7-11,14-15H,3-6,12-13,16H2,1-2H3/p+1. The predicted molar refractivity (Wildman–Crippen MR) is 121 cm³/mol. The molecule has 1 N–H and O–H groups in total. The normalized spacial score (nSPS) is 15.9. The van der Waals surface area contributed by atoms with E-state index in [1.807, 2.05) is 13.0 Å². The van der Waals surface area contributed by atoms with Gasteiger partial charge in [-0.1, -0.05) is 23.8 Å². The first-order chi connectivity index (χ1) is 15.5. The summed E-state index contributed by atoms with van der Waals surface area (Å²) in [7, 11) is 1.52. The molecule has 168 valence electrons. The van der Waals surface area contributed by atoms with Crippen molar-refractivity contribution in [2.75, 3.05) is 27.0 Å². The molecule has 32 heavy (non-hydrogen) atoms. The number of carboxylic acid groups (broad SMARTS) is 1. The number of carbonyl (C=O) groups excluding carboxylic acids is 1. The Kier molecular flexibility index (Phi) is 6.30. The highest BCUT2D eigenvalue weighted by molar-refractivity contribution is 6.17. The highest BCUT2D eigenvalue weighted by Crippen LogP contribution is 2.36. The summed E-state index contributed by atoms with van der Waals surface area (Å²) in [5.74, 6) is 0.593. The maximum atomic E-state index is 13.6. The molecule has 7 heteroatoms. The minimum Gasteiger partial charge on any atom is -0.467 e. The largest absolute Gasteiger partial charge is 0.521 e. The van der Waals surface area contributed by atoms with Crippen molar-refractivity contribution in [3.05, 3.63) is 59.2 Å². The summed E-state index contributed by atoms with van der Waals surface area (Å²) in [6, 6.07) is 12.4. The Morgan fingerprint density at radius 3 is 2.47 bits per heavy atom. The quantitative estimate of drug-likeness (QED) is 0.310. The highest BCUT2D eigenvalue weighted by Gasteiger charge is 2.43. The number of carbonyl (C=O) groups is 2. The molecule has 2 aromatic carbocycles. The van der Waals surface area contributed by atoms with Gasteiger partial charge in [0.2, 0.25) is 0 Å². The van der Waals surface area contributed by atoms with Crippen LogP contribution in [0.5, 0.6) is 5.75 Å². The number of methoxy groups -OCH3 is 1. The summed E-state index contributed by atoms with van der Waals surface area (Å²) in [6.45, 7) is 2.90. The Morgan fingerprint density at radius 2 is 1.78 bits per heavy atom. The molecule has 1 fully saturated rings. The van der Waals surface area contributed by atoms with E-state index < -0.39 is 6.09 Å². The van der Waals surface area contributed by atoms with Crippen molar-refractivity contribution in [3.63, 3.8) is 0 Å². The second-order valence-corrected chi connectivity index (χ2v) is 8.29. The van der Waals surface area contributed by atoms with Gasteiger partial charge in [0.25, 0.3) is 0 Å². The molecular formula is C25H28NO6+. The maximum Gasteiger partial charge on any atom is 0.521 e. The van der Waals surface area contributed by atoms with Crippen LogP contribution in [0.15, 0.2) is 46.9 Å². The van der Waals surface area contributed by atoms with Gasteiger partial charge in [0, 0.05) is 18.1 Å². The summed E-state index contributed by atoms with van der Waals surface area (Å²) in [5, 5.41) is 10.7. The molecule has 7 nitrogen and oxygen atoms in total. The van der Waals surface area contributed by atoms with E-state index in [2.05, 4.69) is 0 Å². The van der Waals surface area contributed by atoms with E-state index in [1.54, 1.807) is 36.4 Å². The molecule has 0 radical (unpaired) electrons. The average molecular weight is 439 g/mol. The number of fused-ring (bicyclic) bond motifs is 1. The molecule has 0 saturated carbocycles.